The number of hydrogen-bond acceptors (Lipinski definition) is 3. The molecule has 1 N–H and O–H groups in total. The van der Waals surface area contributed by atoms with Gasteiger partial charge < -0.3 is 5.11 Å². The van der Waals surface area contributed by atoms with Crippen LogP contribution in [-0.4, -0.2) is 59.3 Å². The van der Waals surface area contributed by atoms with Crippen LogP contribution in [0.1, 0.15) is 40.0 Å². The molecule has 2 fully saturated rings. The highest BCUT2D eigenvalue weighted by atomic mass is 16.3. The Morgan fingerprint density at radius 2 is 1.94 bits per heavy atom. The van der Waals surface area contributed by atoms with E-state index in [1.807, 2.05) is 0 Å². The van der Waals surface area contributed by atoms with Crippen LogP contribution in [0.25, 0.3) is 0 Å². The van der Waals surface area contributed by atoms with Crippen LogP contribution in [0.2, 0.25) is 0 Å². The first-order valence-corrected chi connectivity index (χ1v) is 7.28. The number of piperazine rings is 1. The average Bonchev–Trinajstić information content (AvgIpc) is 2.32. The fourth-order valence-corrected chi connectivity index (χ4v) is 3.52. The van der Waals surface area contributed by atoms with Crippen LogP contribution in [0.5, 0.6) is 0 Å². The molecule has 1 saturated heterocycles. The summed E-state index contributed by atoms with van der Waals surface area (Å²) in [5.74, 6) is 0.780. The SMILES string of the molecule is CCN1CCN(C2CC(C)CCC2O)CC1C. The molecule has 1 saturated carbocycles. The van der Waals surface area contributed by atoms with Crippen molar-refractivity contribution < 1.29 is 5.11 Å². The largest absolute Gasteiger partial charge is 0.391 e. The lowest BCUT2D eigenvalue weighted by Gasteiger charge is -2.46. The van der Waals surface area contributed by atoms with E-state index in [-0.39, 0.29) is 6.10 Å². The highest BCUT2D eigenvalue weighted by molar-refractivity contribution is 4.90. The summed E-state index contributed by atoms with van der Waals surface area (Å²) in [6.45, 7) is 11.4. The molecule has 1 aliphatic heterocycles. The zero-order valence-corrected chi connectivity index (χ0v) is 11.6. The summed E-state index contributed by atoms with van der Waals surface area (Å²) < 4.78 is 0. The lowest BCUT2D eigenvalue weighted by molar-refractivity contribution is -0.0275. The van der Waals surface area contributed by atoms with Gasteiger partial charge in [0.2, 0.25) is 0 Å². The predicted molar refractivity (Wildman–Crippen MR) is 71.1 cm³/mol. The molecule has 4 atom stereocenters. The second-order valence-corrected chi connectivity index (χ2v) is 6.03. The molecule has 2 aliphatic rings. The van der Waals surface area contributed by atoms with Gasteiger partial charge in [0.15, 0.2) is 0 Å². The summed E-state index contributed by atoms with van der Waals surface area (Å²) in [5.41, 5.74) is 0. The monoisotopic (exact) mass is 240 g/mol. The number of aliphatic hydroxyl groups is 1. The van der Waals surface area contributed by atoms with Crippen molar-refractivity contribution in [3.8, 4) is 0 Å². The molecule has 0 aromatic carbocycles. The number of aliphatic hydroxyl groups excluding tert-OH is 1. The van der Waals surface area contributed by atoms with Crippen LogP contribution in [-0.2, 0) is 0 Å². The molecular formula is C14H28N2O. The molecule has 0 spiro atoms. The van der Waals surface area contributed by atoms with E-state index in [9.17, 15) is 5.11 Å². The summed E-state index contributed by atoms with van der Waals surface area (Å²) in [4.78, 5) is 5.08. The Balaban J connectivity index is 1.93. The molecule has 4 unspecified atom stereocenters. The van der Waals surface area contributed by atoms with Gasteiger partial charge in [0.05, 0.1) is 6.10 Å². The third kappa shape index (κ3) is 3.01. The van der Waals surface area contributed by atoms with Crippen molar-refractivity contribution in [2.24, 2.45) is 5.92 Å². The number of hydrogen-bond donors (Lipinski definition) is 1. The minimum absolute atomic E-state index is 0.0911. The summed E-state index contributed by atoms with van der Waals surface area (Å²) in [5, 5.41) is 10.2. The Morgan fingerprint density at radius 1 is 1.18 bits per heavy atom. The molecule has 0 aromatic rings. The average molecular weight is 240 g/mol. The Hall–Kier alpha value is -0.120. The molecule has 0 amide bonds. The summed E-state index contributed by atoms with van der Waals surface area (Å²) >= 11 is 0. The van der Waals surface area contributed by atoms with Crippen LogP contribution in [0.4, 0.5) is 0 Å². The number of rotatable bonds is 2. The Morgan fingerprint density at radius 3 is 2.59 bits per heavy atom. The van der Waals surface area contributed by atoms with Crippen molar-refractivity contribution in [1.82, 2.24) is 9.80 Å². The lowest BCUT2D eigenvalue weighted by atomic mass is 9.83. The molecule has 0 aromatic heterocycles. The van der Waals surface area contributed by atoms with Gasteiger partial charge in [-0.3, -0.25) is 9.80 Å². The number of likely N-dealkylation sites (N-methyl/N-ethyl adjacent to an activating group) is 1. The van der Waals surface area contributed by atoms with Crippen molar-refractivity contribution in [2.45, 2.75) is 58.2 Å². The molecule has 3 nitrogen and oxygen atoms in total. The van der Waals surface area contributed by atoms with Crippen molar-refractivity contribution in [2.75, 3.05) is 26.2 Å². The van der Waals surface area contributed by atoms with Crippen LogP contribution < -0.4 is 0 Å². The molecule has 3 heteroatoms. The van der Waals surface area contributed by atoms with E-state index < -0.39 is 0 Å². The van der Waals surface area contributed by atoms with Gasteiger partial charge in [-0.2, -0.15) is 0 Å². The fraction of sp³-hybridized carbons (Fsp3) is 1.00. The quantitative estimate of drug-likeness (QED) is 0.793. The maximum Gasteiger partial charge on any atom is 0.0695 e. The van der Waals surface area contributed by atoms with E-state index in [0.717, 1.165) is 38.5 Å². The van der Waals surface area contributed by atoms with Gasteiger partial charge in [-0.15, -0.1) is 0 Å². The van der Waals surface area contributed by atoms with Gasteiger partial charge in [-0.25, -0.2) is 0 Å². The van der Waals surface area contributed by atoms with E-state index in [4.69, 9.17) is 0 Å². The third-order valence-electron chi connectivity index (χ3n) is 4.71. The van der Waals surface area contributed by atoms with Crippen LogP contribution >= 0.6 is 0 Å². The molecule has 0 bridgehead atoms. The fourth-order valence-electron chi connectivity index (χ4n) is 3.52. The van der Waals surface area contributed by atoms with Gasteiger partial charge >= 0.3 is 0 Å². The van der Waals surface area contributed by atoms with E-state index in [2.05, 4.69) is 30.6 Å². The van der Waals surface area contributed by atoms with Gasteiger partial charge in [0.25, 0.3) is 0 Å². The van der Waals surface area contributed by atoms with Crippen LogP contribution in [0.15, 0.2) is 0 Å². The van der Waals surface area contributed by atoms with Gasteiger partial charge in [-0.05, 0) is 38.6 Å². The molecule has 2 rings (SSSR count). The van der Waals surface area contributed by atoms with Crippen molar-refractivity contribution >= 4 is 0 Å². The first-order valence-electron chi connectivity index (χ1n) is 7.28. The summed E-state index contributed by atoms with van der Waals surface area (Å²) in [6.07, 6.45) is 3.28. The van der Waals surface area contributed by atoms with Gasteiger partial charge in [0.1, 0.15) is 0 Å². The highest BCUT2D eigenvalue weighted by Gasteiger charge is 2.34. The van der Waals surface area contributed by atoms with E-state index in [1.54, 1.807) is 0 Å². The number of nitrogens with zero attached hydrogens (tertiary/aromatic N) is 2. The second-order valence-electron chi connectivity index (χ2n) is 6.03. The van der Waals surface area contributed by atoms with Gasteiger partial charge in [0, 0.05) is 31.7 Å². The minimum Gasteiger partial charge on any atom is -0.391 e. The van der Waals surface area contributed by atoms with Crippen LogP contribution in [0, 0.1) is 5.92 Å². The van der Waals surface area contributed by atoms with Gasteiger partial charge in [-0.1, -0.05) is 13.8 Å². The van der Waals surface area contributed by atoms with Crippen molar-refractivity contribution in [1.29, 1.82) is 0 Å². The maximum absolute atomic E-state index is 10.2. The molecule has 100 valence electrons. The minimum atomic E-state index is -0.0911. The van der Waals surface area contributed by atoms with Crippen molar-refractivity contribution in [3.05, 3.63) is 0 Å². The Bertz CT molecular complexity index is 246. The molecular weight excluding hydrogens is 212 g/mol. The van der Waals surface area contributed by atoms with E-state index in [1.165, 1.54) is 12.8 Å². The zero-order chi connectivity index (χ0) is 12.4. The summed E-state index contributed by atoms with van der Waals surface area (Å²) in [6, 6.07) is 1.05. The van der Waals surface area contributed by atoms with Crippen LogP contribution in [0.3, 0.4) is 0 Å². The standard InChI is InChI=1S/C14H28N2O/c1-4-15-7-8-16(10-12(15)3)13-9-11(2)5-6-14(13)17/h11-14,17H,4-10H2,1-3H3. The first-order chi connectivity index (χ1) is 8.11. The molecule has 17 heavy (non-hydrogen) atoms. The van der Waals surface area contributed by atoms with Crippen molar-refractivity contribution in [3.63, 3.8) is 0 Å². The normalized spacial score (nSPS) is 41.6. The zero-order valence-electron chi connectivity index (χ0n) is 11.6. The summed E-state index contributed by atoms with van der Waals surface area (Å²) in [7, 11) is 0. The molecule has 1 aliphatic carbocycles. The predicted octanol–water partition coefficient (Wildman–Crippen LogP) is 1.56. The Kier molecular flexibility index (Phi) is 4.45. The first kappa shape index (κ1) is 13.3. The Labute approximate surface area is 106 Å². The topological polar surface area (TPSA) is 26.7 Å². The lowest BCUT2D eigenvalue weighted by Crippen LogP contribution is -2.58. The molecule has 1 heterocycles. The second kappa shape index (κ2) is 5.68. The smallest absolute Gasteiger partial charge is 0.0695 e. The molecule has 0 radical (unpaired) electrons. The van der Waals surface area contributed by atoms with E-state index in [0.29, 0.717) is 12.1 Å². The third-order valence-corrected chi connectivity index (χ3v) is 4.71. The van der Waals surface area contributed by atoms with E-state index >= 15 is 0 Å². The maximum atomic E-state index is 10.2. The highest BCUT2D eigenvalue weighted by Crippen LogP contribution is 2.29.